The van der Waals surface area contributed by atoms with Gasteiger partial charge in [0.15, 0.2) is 4.75 Å². The van der Waals surface area contributed by atoms with Crippen molar-refractivity contribution in [2.45, 2.75) is 4.75 Å². The monoisotopic (exact) mass is 492 g/mol. The normalized spacial score (nSPS) is 12.2. The summed E-state index contributed by atoms with van der Waals surface area (Å²) < 4.78 is 33.9. The van der Waals surface area contributed by atoms with Gasteiger partial charge in [-0.3, -0.25) is 4.55 Å². The first kappa shape index (κ1) is 22.0. The standard InChI is InChI=1S/C19H12Cl4O5S/c20-12-5-1-10(2-6-12)19(29(26,27)28,11-3-7-13(21)8-4-11)14-9-15(24)16(22)17(23)18(14)25/h1-9,24-25H,(H,26,27,28). The quantitative estimate of drug-likeness (QED) is 0.239. The molecule has 0 heterocycles. The summed E-state index contributed by atoms with van der Waals surface area (Å²) in [6.45, 7) is 0. The highest BCUT2D eigenvalue weighted by Gasteiger charge is 2.51. The second kappa shape index (κ2) is 7.87. The van der Waals surface area contributed by atoms with E-state index in [2.05, 4.69) is 0 Å². The van der Waals surface area contributed by atoms with Gasteiger partial charge in [0.05, 0.1) is 0 Å². The molecule has 0 saturated heterocycles. The van der Waals surface area contributed by atoms with Gasteiger partial charge < -0.3 is 10.2 Å². The lowest BCUT2D eigenvalue weighted by atomic mass is 9.83. The van der Waals surface area contributed by atoms with Crippen LogP contribution in [0.2, 0.25) is 20.1 Å². The van der Waals surface area contributed by atoms with Crippen molar-refractivity contribution in [1.82, 2.24) is 0 Å². The van der Waals surface area contributed by atoms with Gasteiger partial charge in [-0.2, -0.15) is 8.42 Å². The maximum Gasteiger partial charge on any atom is 0.283 e. The highest BCUT2D eigenvalue weighted by atomic mass is 35.5. The Labute approximate surface area is 186 Å². The summed E-state index contributed by atoms with van der Waals surface area (Å²) in [7, 11) is -5.04. The van der Waals surface area contributed by atoms with Crippen LogP contribution < -0.4 is 0 Å². The third-order valence-corrected chi connectivity index (χ3v) is 7.25. The maximum atomic E-state index is 12.9. The second-order valence-corrected chi connectivity index (χ2v) is 9.28. The van der Waals surface area contributed by atoms with Crippen LogP contribution in [0.15, 0.2) is 54.6 Å². The zero-order chi connectivity index (χ0) is 21.6. The summed E-state index contributed by atoms with van der Waals surface area (Å²) in [5, 5.41) is 20.6. The van der Waals surface area contributed by atoms with Crippen LogP contribution in [0.4, 0.5) is 0 Å². The Morgan fingerprint density at radius 2 is 1.14 bits per heavy atom. The largest absolute Gasteiger partial charge is 0.506 e. The van der Waals surface area contributed by atoms with E-state index in [0.717, 1.165) is 6.07 Å². The minimum absolute atomic E-state index is 0.0276. The maximum absolute atomic E-state index is 12.9. The first-order valence-electron chi connectivity index (χ1n) is 7.89. The minimum atomic E-state index is -5.04. The van der Waals surface area contributed by atoms with E-state index in [-0.39, 0.29) is 16.1 Å². The molecule has 3 aromatic carbocycles. The summed E-state index contributed by atoms with van der Waals surface area (Å²) in [6, 6.07) is 12.1. The third-order valence-electron chi connectivity index (χ3n) is 4.43. The smallest absolute Gasteiger partial charge is 0.283 e. The fourth-order valence-corrected chi connectivity index (χ4v) is 5.05. The third kappa shape index (κ3) is 3.65. The predicted octanol–water partition coefficient (Wildman–Crippen LogP) is 5.89. The average Bonchev–Trinajstić information content (AvgIpc) is 2.66. The molecule has 0 spiro atoms. The van der Waals surface area contributed by atoms with Crippen LogP contribution in [-0.2, 0) is 14.9 Å². The lowest BCUT2D eigenvalue weighted by Crippen LogP contribution is -2.38. The van der Waals surface area contributed by atoms with Crippen molar-refractivity contribution < 1.29 is 23.2 Å². The van der Waals surface area contributed by atoms with Gasteiger partial charge in [-0.15, -0.1) is 0 Å². The Hall–Kier alpha value is -1.67. The number of halogens is 4. The van der Waals surface area contributed by atoms with Gasteiger partial charge in [0, 0.05) is 15.6 Å². The summed E-state index contributed by atoms with van der Waals surface area (Å²) in [5.41, 5.74) is -0.351. The van der Waals surface area contributed by atoms with E-state index in [9.17, 15) is 23.2 Å². The average molecular weight is 494 g/mol. The highest BCUT2D eigenvalue weighted by molar-refractivity contribution is 7.87. The zero-order valence-corrected chi connectivity index (χ0v) is 18.1. The number of hydrogen-bond acceptors (Lipinski definition) is 4. The van der Waals surface area contributed by atoms with E-state index in [4.69, 9.17) is 46.4 Å². The van der Waals surface area contributed by atoms with E-state index in [1.165, 1.54) is 48.5 Å². The number of rotatable bonds is 4. The lowest BCUT2D eigenvalue weighted by molar-refractivity contribution is 0.435. The fourth-order valence-electron chi connectivity index (χ4n) is 3.16. The predicted molar refractivity (Wildman–Crippen MR) is 114 cm³/mol. The molecule has 5 nitrogen and oxygen atoms in total. The van der Waals surface area contributed by atoms with Gasteiger partial charge in [0.1, 0.15) is 21.5 Å². The van der Waals surface area contributed by atoms with Crippen molar-refractivity contribution >= 4 is 56.5 Å². The molecule has 3 aromatic rings. The molecule has 0 aliphatic carbocycles. The van der Waals surface area contributed by atoms with Crippen LogP contribution in [0.25, 0.3) is 0 Å². The Bertz CT molecular complexity index is 1130. The van der Waals surface area contributed by atoms with Gasteiger partial charge in [-0.25, -0.2) is 0 Å². The highest BCUT2D eigenvalue weighted by Crippen LogP contribution is 2.52. The molecular formula is C19H12Cl4O5S. The molecule has 0 fully saturated rings. The van der Waals surface area contributed by atoms with Crippen molar-refractivity contribution in [2.75, 3.05) is 0 Å². The molecule has 29 heavy (non-hydrogen) atoms. The van der Waals surface area contributed by atoms with Crippen LogP contribution in [0.5, 0.6) is 11.5 Å². The molecule has 0 aliphatic heterocycles. The van der Waals surface area contributed by atoms with Gasteiger partial charge in [-0.1, -0.05) is 70.7 Å². The van der Waals surface area contributed by atoms with Crippen LogP contribution in [0, 0.1) is 0 Å². The molecule has 3 N–H and O–H groups in total. The van der Waals surface area contributed by atoms with Crippen LogP contribution in [-0.4, -0.2) is 23.2 Å². The molecule has 0 atom stereocenters. The van der Waals surface area contributed by atoms with E-state index in [1.807, 2.05) is 0 Å². The lowest BCUT2D eigenvalue weighted by Gasteiger charge is -2.33. The SMILES string of the molecule is O=S(=O)(O)C(c1ccc(Cl)cc1)(c1ccc(Cl)cc1)c1cc(O)c(Cl)c(Cl)c1O. The van der Waals surface area contributed by atoms with E-state index in [1.54, 1.807) is 0 Å². The van der Waals surface area contributed by atoms with Crippen molar-refractivity contribution in [3.05, 3.63) is 91.4 Å². The van der Waals surface area contributed by atoms with Gasteiger partial charge in [-0.05, 0) is 41.5 Å². The van der Waals surface area contributed by atoms with Crippen LogP contribution in [0.1, 0.15) is 16.7 Å². The summed E-state index contributed by atoms with van der Waals surface area (Å²) in [5.74, 6) is -1.31. The molecular weight excluding hydrogens is 482 g/mol. The number of phenolic OH excluding ortho intramolecular Hbond substituents is 2. The summed E-state index contributed by atoms with van der Waals surface area (Å²) in [4.78, 5) is 0. The number of phenols is 2. The second-order valence-electron chi connectivity index (χ2n) is 6.09. The van der Waals surface area contributed by atoms with Crippen molar-refractivity contribution in [2.24, 2.45) is 0 Å². The van der Waals surface area contributed by atoms with E-state index in [0.29, 0.717) is 10.0 Å². The molecule has 0 saturated carbocycles. The Kier molecular flexibility index (Phi) is 5.98. The molecule has 0 amide bonds. The van der Waals surface area contributed by atoms with Crippen molar-refractivity contribution in [3.8, 4) is 11.5 Å². The van der Waals surface area contributed by atoms with Gasteiger partial charge in [0.25, 0.3) is 10.1 Å². The van der Waals surface area contributed by atoms with Crippen molar-refractivity contribution in [3.63, 3.8) is 0 Å². The molecule has 3 rings (SSSR count). The summed E-state index contributed by atoms with van der Waals surface area (Å²) >= 11 is 23.7. The van der Waals surface area contributed by atoms with Gasteiger partial charge in [0.2, 0.25) is 0 Å². The number of benzene rings is 3. The Morgan fingerprint density at radius 1 is 0.724 bits per heavy atom. The van der Waals surface area contributed by atoms with Crippen molar-refractivity contribution in [1.29, 1.82) is 0 Å². The molecule has 0 aliphatic rings. The first-order valence-corrected chi connectivity index (χ1v) is 10.8. The molecule has 0 radical (unpaired) electrons. The molecule has 0 bridgehead atoms. The molecule has 0 unspecified atom stereocenters. The molecule has 10 heteroatoms. The summed E-state index contributed by atoms with van der Waals surface area (Å²) in [6.07, 6.45) is 0. The van der Waals surface area contributed by atoms with Crippen LogP contribution in [0.3, 0.4) is 0 Å². The molecule has 152 valence electrons. The Morgan fingerprint density at radius 3 is 1.52 bits per heavy atom. The minimum Gasteiger partial charge on any atom is -0.506 e. The van der Waals surface area contributed by atoms with Crippen LogP contribution >= 0.6 is 46.4 Å². The van der Waals surface area contributed by atoms with Gasteiger partial charge >= 0.3 is 0 Å². The van der Waals surface area contributed by atoms with E-state index >= 15 is 0 Å². The fraction of sp³-hybridized carbons (Fsp3) is 0.0526. The first-order chi connectivity index (χ1) is 13.5. The van der Waals surface area contributed by atoms with E-state index < -0.39 is 37.0 Å². The Balaban J connectivity index is 2.57. The number of aromatic hydroxyl groups is 2. The number of hydrogen-bond donors (Lipinski definition) is 3. The topological polar surface area (TPSA) is 94.8 Å². The zero-order valence-electron chi connectivity index (χ0n) is 14.3. The molecule has 0 aromatic heterocycles.